The van der Waals surface area contributed by atoms with Crippen LogP contribution in [0.2, 0.25) is 0 Å². The highest BCUT2D eigenvalue weighted by molar-refractivity contribution is 7.99. The molecule has 6 aromatic rings. The van der Waals surface area contributed by atoms with E-state index in [-0.39, 0.29) is 37.2 Å². The Morgan fingerprint density at radius 3 is 1.51 bits per heavy atom. The fourth-order valence-electron chi connectivity index (χ4n) is 4.44. The van der Waals surface area contributed by atoms with Gasteiger partial charge in [-0.25, -0.2) is 0 Å². The number of benzene rings is 2. The fraction of sp³-hybridized carbons (Fsp3) is 0.267. The Morgan fingerprint density at radius 2 is 1.05 bits per heavy atom. The number of rotatable bonds is 14. The SMILES string of the molecule is O=C(Cc1cc2ccccc2o1)Cc1nnc(CCSCCc2nnc(CC(=O)Cc3cc4ccccc4o3)s2)s1. The summed E-state index contributed by atoms with van der Waals surface area (Å²) in [5, 5.41) is 22.3. The first-order valence-corrected chi connectivity index (χ1v) is 16.0. The Hall–Kier alpha value is -3.67. The molecule has 2 aromatic carbocycles. The van der Waals surface area contributed by atoms with E-state index >= 15 is 0 Å². The molecule has 0 bridgehead atoms. The molecule has 8 nitrogen and oxygen atoms in total. The number of aromatic nitrogens is 4. The van der Waals surface area contributed by atoms with Crippen LogP contribution in [0.5, 0.6) is 0 Å². The molecule has 0 radical (unpaired) electrons. The minimum atomic E-state index is 0.0637. The molecule has 0 aliphatic heterocycles. The Balaban J connectivity index is 0.885. The summed E-state index contributed by atoms with van der Waals surface area (Å²) >= 11 is 4.81. The summed E-state index contributed by atoms with van der Waals surface area (Å²) in [5.74, 6) is 3.29. The summed E-state index contributed by atoms with van der Waals surface area (Å²) in [7, 11) is 0. The molecule has 0 saturated carbocycles. The number of hydrogen-bond acceptors (Lipinski definition) is 11. The van der Waals surface area contributed by atoms with Gasteiger partial charge in [-0.05, 0) is 35.8 Å². The van der Waals surface area contributed by atoms with E-state index in [9.17, 15) is 9.59 Å². The van der Waals surface area contributed by atoms with Gasteiger partial charge >= 0.3 is 0 Å². The van der Waals surface area contributed by atoms with E-state index in [0.717, 1.165) is 66.3 Å². The summed E-state index contributed by atoms with van der Waals surface area (Å²) in [4.78, 5) is 25.0. The van der Waals surface area contributed by atoms with Gasteiger partial charge in [-0.15, -0.1) is 43.1 Å². The first-order valence-electron chi connectivity index (χ1n) is 13.3. The normalized spacial score (nSPS) is 11.5. The number of Topliss-reactive ketones (excluding diaryl/α,β-unsaturated/α-hetero) is 2. The monoisotopic (exact) mass is 602 g/mol. The van der Waals surface area contributed by atoms with Gasteiger partial charge in [0.25, 0.3) is 0 Å². The molecule has 11 heteroatoms. The third kappa shape index (κ3) is 7.35. The zero-order valence-electron chi connectivity index (χ0n) is 22.1. The van der Waals surface area contributed by atoms with Crippen LogP contribution in [0, 0.1) is 0 Å². The first-order chi connectivity index (χ1) is 20.1. The topological polar surface area (TPSA) is 112 Å². The molecular weight excluding hydrogens is 577 g/mol. The molecule has 4 aromatic heterocycles. The van der Waals surface area contributed by atoms with Crippen molar-refractivity contribution < 1.29 is 18.4 Å². The average Bonchev–Trinajstić information content (AvgIpc) is 3.75. The van der Waals surface area contributed by atoms with Gasteiger partial charge in [0, 0.05) is 23.6 Å². The largest absolute Gasteiger partial charge is 0.461 e. The number of para-hydroxylation sites is 2. The minimum Gasteiger partial charge on any atom is -0.461 e. The molecule has 0 amide bonds. The predicted octanol–water partition coefficient (Wildman–Crippen LogP) is 6.11. The zero-order chi connectivity index (χ0) is 28.0. The van der Waals surface area contributed by atoms with Gasteiger partial charge in [-0.2, -0.15) is 11.8 Å². The molecule has 208 valence electrons. The molecule has 41 heavy (non-hydrogen) atoms. The molecule has 0 fully saturated rings. The number of ketones is 2. The van der Waals surface area contributed by atoms with Gasteiger partial charge in [0.05, 0.1) is 25.7 Å². The van der Waals surface area contributed by atoms with Crippen molar-refractivity contribution in [1.29, 1.82) is 0 Å². The summed E-state index contributed by atoms with van der Waals surface area (Å²) in [5.41, 5.74) is 1.59. The average molecular weight is 603 g/mol. The fourth-order valence-corrected chi connectivity index (χ4v) is 7.32. The van der Waals surface area contributed by atoms with Crippen LogP contribution in [0.15, 0.2) is 69.5 Å². The van der Waals surface area contributed by atoms with E-state index in [0.29, 0.717) is 11.5 Å². The van der Waals surface area contributed by atoms with Crippen molar-refractivity contribution >= 4 is 67.9 Å². The molecule has 0 saturated heterocycles. The van der Waals surface area contributed by atoms with Crippen LogP contribution in [-0.2, 0) is 48.1 Å². The Bertz CT molecular complexity index is 1610. The lowest BCUT2D eigenvalue weighted by Crippen LogP contribution is -2.05. The Kier molecular flexibility index (Phi) is 8.64. The van der Waals surface area contributed by atoms with Crippen LogP contribution < -0.4 is 0 Å². The second kappa shape index (κ2) is 12.9. The highest BCUT2D eigenvalue weighted by Gasteiger charge is 2.15. The van der Waals surface area contributed by atoms with Gasteiger partial charge in [0.1, 0.15) is 54.3 Å². The van der Waals surface area contributed by atoms with E-state index in [1.165, 1.54) is 22.7 Å². The van der Waals surface area contributed by atoms with Gasteiger partial charge in [-0.3, -0.25) is 9.59 Å². The summed E-state index contributed by atoms with van der Waals surface area (Å²) < 4.78 is 11.5. The number of fused-ring (bicyclic) bond motifs is 2. The standard InChI is InChI=1S/C30H26N4O4S3/c35-21(15-23-13-19-5-1-3-7-25(19)37-23)17-29-33-31-27(40-29)9-11-39-12-10-28-32-34-30(41-28)18-22(36)16-24-14-20-6-2-4-8-26(20)38-24/h1-8,13-14H,9-12,15-18H2. The van der Waals surface area contributed by atoms with Crippen molar-refractivity contribution in [2.24, 2.45) is 0 Å². The zero-order valence-corrected chi connectivity index (χ0v) is 24.5. The van der Waals surface area contributed by atoms with E-state index in [1.807, 2.05) is 72.4 Å². The summed E-state index contributed by atoms with van der Waals surface area (Å²) in [6.07, 6.45) is 2.64. The number of nitrogens with zero attached hydrogens (tertiary/aromatic N) is 4. The van der Waals surface area contributed by atoms with Crippen LogP contribution in [0.3, 0.4) is 0 Å². The van der Waals surface area contributed by atoms with Crippen LogP contribution in [-0.4, -0.2) is 43.5 Å². The first kappa shape index (κ1) is 27.5. The third-order valence-electron chi connectivity index (χ3n) is 6.33. The highest BCUT2D eigenvalue weighted by Crippen LogP contribution is 2.22. The molecular formula is C30H26N4O4S3. The number of furan rings is 2. The lowest BCUT2D eigenvalue weighted by Gasteiger charge is -1.97. The maximum absolute atomic E-state index is 12.5. The van der Waals surface area contributed by atoms with Crippen LogP contribution in [0.25, 0.3) is 21.9 Å². The van der Waals surface area contributed by atoms with Crippen molar-refractivity contribution in [3.8, 4) is 0 Å². The van der Waals surface area contributed by atoms with E-state index < -0.39 is 0 Å². The van der Waals surface area contributed by atoms with Crippen LogP contribution in [0.1, 0.15) is 31.6 Å². The number of hydrogen-bond donors (Lipinski definition) is 0. The Labute approximate surface area is 248 Å². The third-order valence-corrected chi connectivity index (χ3v) is 9.28. The van der Waals surface area contributed by atoms with Crippen molar-refractivity contribution in [2.45, 2.75) is 38.5 Å². The predicted molar refractivity (Wildman–Crippen MR) is 162 cm³/mol. The lowest BCUT2D eigenvalue weighted by molar-refractivity contribution is -0.118. The smallest absolute Gasteiger partial charge is 0.147 e. The van der Waals surface area contributed by atoms with Crippen LogP contribution >= 0.6 is 34.4 Å². The van der Waals surface area contributed by atoms with Gasteiger partial charge in [0.2, 0.25) is 0 Å². The molecule has 0 N–H and O–H groups in total. The van der Waals surface area contributed by atoms with Gasteiger partial charge in [-0.1, -0.05) is 36.4 Å². The minimum absolute atomic E-state index is 0.0637. The van der Waals surface area contributed by atoms with Crippen molar-refractivity contribution in [3.05, 3.63) is 92.2 Å². The maximum atomic E-state index is 12.5. The molecule has 6 rings (SSSR count). The number of thioether (sulfide) groups is 1. The van der Waals surface area contributed by atoms with Gasteiger partial charge < -0.3 is 8.83 Å². The number of carbonyl (C=O) groups is 2. The van der Waals surface area contributed by atoms with E-state index in [1.54, 1.807) is 0 Å². The molecule has 0 atom stereocenters. The van der Waals surface area contributed by atoms with Gasteiger partial charge in [0.15, 0.2) is 0 Å². The molecule has 4 heterocycles. The number of carbonyl (C=O) groups excluding carboxylic acids is 2. The second-order valence-corrected chi connectivity index (χ2v) is 13.1. The summed E-state index contributed by atoms with van der Waals surface area (Å²) in [6.45, 7) is 0. The van der Waals surface area contributed by atoms with E-state index in [2.05, 4.69) is 20.4 Å². The van der Waals surface area contributed by atoms with Crippen molar-refractivity contribution in [2.75, 3.05) is 11.5 Å². The second-order valence-electron chi connectivity index (χ2n) is 9.58. The lowest BCUT2D eigenvalue weighted by atomic mass is 10.2. The molecule has 0 unspecified atom stereocenters. The quantitative estimate of drug-likeness (QED) is 0.136. The van der Waals surface area contributed by atoms with Crippen LogP contribution in [0.4, 0.5) is 0 Å². The molecule has 0 spiro atoms. The molecule has 0 aliphatic rings. The number of aryl methyl sites for hydroxylation is 2. The Morgan fingerprint density at radius 1 is 0.610 bits per heavy atom. The van der Waals surface area contributed by atoms with Crippen molar-refractivity contribution in [1.82, 2.24) is 20.4 Å². The summed E-state index contributed by atoms with van der Waals surface area (Å²) in [6, 6.07) is 19.3. The maximum Gasteiger partial charge on any atom is 0.147 e. The van der Waals surface area contributed by atoms with E-state index in [4.69, 9.17) is 8.83 Å². The highest BCUT2D eigenvalue weighted by atomic mass is 32.2. The van der Waals surface area contributed by atoms with Crippen molar-refractivity contribution in [3.63, 3.8) is 0 Å². The molecule has 0 aliphatic carbocycles.